The lowest BCUT2D eigenvalue weighted by atomic mass is 9.96. The van der Waals surface area contributed by atoms with Gasteiger partial charge in [-0.05, 0) is 55.3 Å². The number of hydrogen-bond donors (Lipinski definition) is 2. The Bertz CT molecular complexity index is 967. The minimum atomic E-state index is -0.382. The molecule has 182 valence electrons. The lowest BCUT2D eigenvalue weighted by Crippen LogP contribution is -2.45. The summed E-state index contributed by atoms with van der Waals surface area (Å²) in [5, 5.41) is 5.74. The Morgan fingerprint density at radius 2 is 1.56 bits per heavy atom. The van der Waals surface area contributed by atoms with E-state index in [9.17, 15) is 14.0 Å². The van der Waals surface area contributed by atoms with Crippen LogP contribution in [-0.2, 0) is 11.3 Å². The summed E-state index contributed by atoms with van der Waals surface area (Å²) in [7, 11) is 0. The number of amides is 3. The second-order valence-electron chi connectivity index (χ2n) is 9.10. The number of benzene rings is 2. The van der Waals surface area contributed by atoms with Crippen molar-refractivity contribution in [3.63, 3.8) is 0 Å². The highest BCUT2D eigenvalue weighted by molar-refractivity contribution is 5.93. The highest BCUT2D eigenvalue weighted by Crippen LogP contribution is 2.21. The molecule has 0 unspecified atom stereocenters. The first-order chi connectivity index (χ1) is 16.5. The SMILES string of the molecule is CCN1CCN(Cc2ccc(NC(=O)N3CCC(C(=O)Nc4cccc(F)c4)CC3)cc2)CC1. The molecule has 2 aliphatic heterocycles. The zero-order chi connectivity index (χ0) is 23.9. The molecule has 34 heavy (non-hydrogen) atoms. The summed E-state index contributed by atoms with van der Waals surface area (Å²) in [6, 6.07) is 13.8. The number of piperidine rings is 1. The molecule has 7 nitrogen and oxygen atoms in total. The first-order valence-electron chi connectivity index (χ1n) is 12.2. The van der Waals surface area contributed by atoms with E-state index in [4.69, 9.17) is 0 Å². The highest BCUT2D eigenvalue weighted by Gasteiger charge is 2.27. The van der Waals surface area contributed by atoms with Crippen LogP contribution in [0.1, 0.15) is 25.3 Å². The van der Waals surface area contributed by atoms with E-state index in [0.29, 0.717) is 31.6 Å². The van der Waals surface area contributed by atoms with Gasteiger partial charge in [0.2, 0.25) is 5.91 Å². The number of likely N-dealkylation sites (tertiary alicyclic amines) is 1. The molecular weight excluding hydrogens is 433 g/mol. The van der Waals surface area contributed by atoms with Crippen LogP contribution in [0.3, 0.4) is 0 Å². The van der Waals surface area contributed by atoms with Crippen LogP contribution in [0.2, 0.25) is 0 Å². The Labute approximate surface area is 200 Å². The number of nitrogens with one attached hydrogen (secondary N) is 2. The maximum absolute atomic E-state index is 13.3. The van der Waals surface area contributed by atoms with Gasteiger partial charge in [0.15, 0.2) is 0 Å². The van der Waals surface area contributed by atoms with Crippen molar-refractivity contribution in [2.75, 3.05) is 56.4 Å². The summed E-state index contributed by atoms with van der Waals surface area (Å²) in [6.45, 7) is 9.67. The predicted molar refractivity (Wildman–Crippen MR) is 132 cm³/mol. The number of rotatable bonds is 6. The van der Waals surface area contributed by atoms with E-state index in [2.05, 4.69) is 39.5 Å². The summed E-state index contributed by atoms with van der Waals surface area (Å²) in [4.78, 5) is 31.9. The number of likely N-dealkylation sites (N-methyl/N-ethyl adjacent to an activating group) is 1. The molecule has 0 atom stereocenters. The molecule has 0 aromatic heterocycles. The van der Waals surface area contributed by atoms with Gasteiger partial charge < -0.3 is 20.4 Å². The molecule has 2 N–H and O–H groups in total. The number of urea groups is 1. The van der Waals surface area contributed by atoms with Crippen molar-refractivity contribution in [1.29, 1.82) is 0 Å². The van der Waals surface area contributed by atoms with Crippen LogP contribution in [0.5, 0.6) is 0 Å². The predicted octanol–water partition coefficient (Wildman–Crippen LogP) is 3.85. The molecule has 3 amide bonds. The van der Waals surface area contributed by atoms with Crippen molar-refractivity contribution in [2.45, 2.75) is 26.3 Å². The van der Waals surface area contributed by atoms with Crippen LogP contribution in [0.15, 0.2) is 48.5 Å². The minimum absolute atomic E-state index is 0.127. The van der Waals surface area contributed by atoms with E-state index < -0.39 is 0 Å². The van der Waals surface area contributed by atoms with E-state index in [1.165, 1.54) is 17.7 Å². The van der Waals surface area contributed by atoms with E-state index in [1.807, 2.05) is 12.1 Å². The van der Waals surface area contributed by atoms with Gasteiger partial charge in [0.05, 0.1) is 0 Å². The second kappa shape index (κ2) is 11.4. The molecule has 2 heterocycles. The van der Waals surface area contributed by atoms with Crippen LogP contribution in [-0.4, -0.2) is 72.5 Å². The number of nitrogens with zero attached hydrogens (tertiary/aromatic N) is 3. The Morgan fingerprint density at radius 1 is 0.882 bits per heavy atom. The number of carbonyl (C=O) groups excluding carboxylic acids is 2. The van der Waals surface area contributed by atoms with E-state index in [1.54, 1.807) is 17.0 Å². The van der Waals surface area contributed by atoms with E-state index >= 15 is 0 Å². The third-order valence-electron chi connectivity index (χ3n) is 6.77. The van der Waals surface area contributed by atoms with Gasteiger partial charge in [0.1, 0.15) is 5.82 Å². The number of carbonyl (C=O) groups is 2. The normalized spacial score (nSPS) is 18.0. The van der Waals surface area contributed by atoms with Gasteiger partial charge in [-0.25, -0.2) is 9.18 Å². The molecule has 2 aliphatic rings. The van der Waals surface area contributed by atoms with Crippen molar-refractivity contribution in [3.8, 4) is 0 Å². The summed E-state index contributed by atoms with van der Waals surface area (Å²) in [5.74, 6) is -0.699. The van der Waals surface area contributed by atoms with E-state index in [0.717, 1.165) is 45.0 Å². The first kappa shape index (κ1) is 24.2. The minimum Gasteiger partial charge on any atom is -0.326 e. The van der Waals surface area contributed by atoms with Crippen molar-refractivity contribution < 1.29 is 14.0 Å². The Kier molecular flexibility index (Phi) is 8.13. The fourth-order valence-electron chi connectivity index (χ4n) is 4.57. The standard InChI is InChI=1S/C26H34FN5O2/c1-2-30-14-16-31(17-15-30)19-20-6-8-23(9-7-20)29-26(34)32-12-10-21(11-13-32)25(33)28-24-5-3-4-22(27)18-24/h3-9,18,21H,2,10-17,19H2,1H3,(H,28,33)(H,29,34). The van der Waals surface area contributed by atoms with Gasteiger partial charge in [-0.2, -0.15) is 0 Å². The zero-order valence-electron chi connectivity index (χ0n) is 19.8. The van der Waals surface area contributed by atoms with Gasteiger partial charge in [-0.3, -0.25) is 9.69 Å². The molecule has 0 saturated carbocycles. The fraction of sp³-hybridized carbons (Fsp3) is 0.462. The van der Waals surface area contributed by atoms with Crippen molar-refractivity contribution in [1.82, 2.24) is 14.7 Å². The van der Waals surface area contributed by atoms with Crippen molar-refractivity contribution in [3.05, 3.63) is 59.9 Å². The summed E-state index contributed by atoms with van der Waals surface area (Å²) in [5.41, 5.74) is 2.47. The molecule has 2 saturated heterocycles. The van der Waals surface area contributed by atoms with Gasteiger partial charge in [-0.15, -0.1) is 0 Å². The fourth-order valence-corrected chi connectivity index (χ4v) is 4.57. The smallest absolute Gasteiger partial charge is 0.321 e. The summed E-state index contributed by atoms with van der Waals surface area (Å²) in [6.07, 6.45) is 1.16. The maximum Gasteiger partial charge on any atom is 0.321 e. The first-order valence-corrected chi connectivity index (χ1v) is 12.2. The van der Waals surface area contributed by atoms with Gasteiger partial charge in [-0.1, -0.05) is 25.1 Å². The van der Waals surface area contributed by atoms with Crippen molar-refractivity contribution >= 4 is 23.3 Å². The monoisotopic (exact) mass is 467 g/mol. The lowest BCUT2D eigenvalue weighted by molar-refractivity contribution is -0.121. The molecular formula is C26H34FN5O2. The Hall–Kier alpha value is -2.97. The molecule has 4 rings (SSSR count). The zero-order valence-corrected chi connectivity index (χ0v) is 19.8. The number of halogens is 1. The molecule has 2 aromatic rings. The molecule has 8 heteroatoms. The molecule has 0 bridgehead atoms. The molecule has 0 radical (unpaired) electrons. The largest absolute Gasteiger partial charge is 0.326 e. The molecule has 2 aromatic carbocycles. The number of piperazine rings is 1. The third kappa shape index (κ3) is 6.55. The van der Waals surface area contributed by atoms with Crippen molar-refractivity contribution in [2.24, 2.45) is 5.92 Å². The molecule has 0 aliphatic carbocycles. The number of hydrogen-bond acceptors (Lipinski definition) is 4. The third-order valence-corrected chi connectivity index (χ3v) is 6.77. The van der Waals surface area contributed by atoms with Crippen LogP contribution in [0, 0.1) is 11.7 Å². The quantitative estimate of drug-likeness (QED) is 0.677. The maximum atomic E-state index is 13.3. The lowest BCUT2D eigenvalue weighted by Gasteiger charge is -2.34. The highest BCUT2D eigenvalue weighted by atomic mass is 19.1. The van der Waals surface area contributed by atoms with E-state index in [-0.39, 0.29) is 23.7 Å². The van der Waals surface area contributed by atoms with Gasteiger partial charge in [0, 0.05) is 63.1 Å². The second-order valence-corrected chi connectivity index (χ2v) is 9.10. The van der Waals surface area contributed by atoms with Gasteiger partial charge in [0.25, 0.3) is 0 Å². The average molecular weight is 468 g/mol. The average Bonchev–Trinajstić information content (AvgIpc) is 2.86. The van der Waals surface area contributed by atoms with Gasteiger partial charge >= 0.3 is 6.03 Å². The van der Waals surface area contributed by atoms with Crippen LogP contribution >= 0.6 is 0 Å². The van der Waals surface area contributed by atoms with Crippen LogP contribution in [0.4, 0.5) is 20.6 Å². The topological polar surface area (TPSA) is 67.9 Å². The summed E-state index contributed by atoms with van der Waals surface area (Å²) >= 11 is 0. The van der Waals surface area contributed by atoms with Crippen LogP contribution in [0.25, 0.3) is 0 Å². The molecule has 2 fully saturated rings. The van der Waals surface area contributed by atoms with Crippen LogP contribution < -0.4 is 10.6 Å². The number of anilines is 2. The molecule has 0 spiro atoms. The summed E-state index contributed by atoms with van der Waals surface area (Å²) < 4.78 is 13.3. The Balaban J connectivity index is 1.20. The Morgan fingerprint density at radius 3 is 2.21 bits per heavy atom.